The van der Waals surface area contributed by atoms with Gasteiger partial charge in [-0.25, -0.2) is 4.99 Å². The van der Waals surface area contributed by atoms with Crippen molar-refractivity contribution in [2.24, 2.45) is 4.99 Å². The molecule has 0 unspecified atom stereocenters. The second-order valence-corrected chi connectivity index (χ2v) is 5.99. The molecule has 0 spiro atoms. The molecule has 0 fully saturated rings. The SMILES string of the molecule is C=CCOc1ccccc1CN=C(NCC)NCc1c(CC)noc1CC. The fraction of sp³-hybridized carbons (Fsp3) is 0.429. The molecule has 6 heteroatoms. The summed E-state index contributed by atoms with van der Waals surface area (Å²) in [6.45, 7) is 12.3. The van der Waals surface area contributed by atoms with Gasteiger partial charge in [-0.3, -0.25) is 0 Å². The number of benzene rings is 1. The van der Waals surface area contributed by atoms with E-state index >= 15 is 0 Å². The maximum absolute atomic E-state index is 5.71. The molecule has 0 saturated carbocycles. The molecule has 0 atom stereocenters. The van der Waals surface area contributed by atoms with E-state index in [1.54, 1.807) is 6.08 Å². The van der Waals surface area contributed by atoms with Gasteiger partial charge in [-0.15, -0.1) is 0 Å². The highest BCUT2D eigenvalue weighted by Gasteiger charge is 2.13. The lowest BCUT2D eigenvalue weighted by molar-refractivity contribution is 0.359. The molecular formula is C21H30N4O2. The molecule has 6 nitrogen and oxygen atoms in total. The highest BCUT2D eigenvalue weighted by molar-refractivity contribution is 5.79. The summed E-state index contributed by atoms with van der Waals surface area (Å²) < 4.78 is 11.1. The Labute approximate surface area is 161 Å². The molecule has 0 aliphatic carbocycles. The van der Waals surface area contributed by atoms with Gasteiger partial charge in [0.15, 0.2) is 5.96 Å². The van der Waals surface area contributed by atoms with Crippen LogP contribution in [0.5, 0.6) is 5.75 Å². The van der Waals surface area contributed by atoms with Crippen molar-refractivity contribution in [1.29, 1.82) is 0 Å². The van der Waals surface area contributed by atoms with Crippen molar-refractivity contribution < 1.29 is 9.26 Å². The maximum atomic E-state index is 5.71. The van der Waals surface area contributed by atoms with Crippen molar-refractivity contribution >= 4 is 5.96 Å². The number of guanidine groups is 1. The van der Waals surface area contributed by atoms with Crippen molar-refractivity contribution in [3.05, 3.63) is 59.5 Å². The van der Waals surface area contributed by atoms with Gasteiger partial charge in [0.25, 0.3) is 0 Å². The molecule has 2 aromatic rings. The zero-order valence-electron chi connectivity index (χ0n) is 16.5. The van der Waals surface area contributed by atoms with Crippen LogP contribution >= 0.6 is 0 Å². The predicted octanol–water partition coefficient (Wildman–Crippen LogP) is 3.62. The van der Waals surface area contributed by atoms with Gasteiger partial charge in [0.05, 0.1) is 12.2 Å². The van der Waals surface area contributed by atoms with Crippen molar-refractivity contribution in [1.82, 2.24) is 15.8 Å². The summed E-state index contributed by atoms with van der Waals surface area (Å²) in [6, 6.07) is 7.92. The van der Waals surface area contributed by atoms with Crippen molar-refractivity contribution in [3.63, 3.8) is 0 Å². The molecule has 1 heterocycles. The van der Waals surface area contributed by atoms with Crippen LogP contribution in [0.15, 0.2) is 46.4 Å². The van der Waals surface area contributed by atoms with Gasteiger partial charge >= 0.3 is 0 Å². The maximum Gasteiger partial charge on any atom is 0.191 e. The standard InChI is InChI=1S/C21H30N4O2/c1-5-13-26-20-12-10-9-11-16(20)14-23-21(22-8-4)24-15-17-18(6-2)25-27-19(17)7-3/h5,9-12H,1,6-8,13-15H2,2-4H3,(H2,22,23,24). The van der Waals surface area contributed by atoms with Crippen molar-refractivity contribution in [2.45, 2.75) is 46.7 Å². The highest BCUT2D eigenvalue weighted by atomic mass is 16.5. The number of nitrogens with zero attached hydrogens (tertiary/aromatic N) is 2. The number of nitrogens with one attached hydrogen (secondary N) is 2. The summed E-state index contributed by atoms with van der Waals surface area (Å²) in [4.78, 5) is 4.70. The monoisotopic (exact) mass is 370 g/mol. The van der Waals surface area contributed by atoms with Crippen LogP contribution in [0.1, 0.15) is 43.4 Å². The second-order valence-electron chi connectivity index (χ2n) is 5.99. The first-order chi connectivity index (χ1) is 13.2. The van der Waals surface area contributed by atoms with Gasteiger partial charge in [0, 0.05) is 30.6 Å². The molecule has 27 heavy (non-hydrogen) atoms. The van der Waals surface area contributed by atoms with E-state index < -0.39 is 0 Å². The summed E-state index contributed by atoms with van der Waals surface area (Å²) in [5, 5.41) is 10.8. The molecule has 2 rings (SSSR count). The molecule has 0 aliphatic rings. The number of para-hydroxylation sites is 1. The molecular weight excluding hydrogens is 340 g/mol. The lowest BCUT2D eigenvalue weighted by Crippen LogP contribution is -2.37. The van der Waals surface area contributed by atoms with Crippen LogP contribution in [0.25, 0.3) is 0 Å². The van der Waals surface area contributed by atoms with E-state index in [4.69, 9.17) is 14.3 Å². The third kappa shape index (κ3) is 5.88. The first-order valence-corrected chi connectivity index (χ1v) is 9.53. The third-order valence-electron chi connectivity index (χ3n) is 4.12. The molecule has 1 aromatic heterocycles. The molecule has 0 bridgehead atoms. The zero-order chi connectivity index (χ0) is 19.5. The van der Waals surface area contributed by atoms with Gasteiger partial charge in [0.2, 0.25) is 0 Å². The number of hydrogen-bond donors (Lipinski definition) is 2. The Bertz CT molecular complexity index is 731. The molecule has 0 aliphatic heterocycles. The van der Waals surface area contributed by atoms with Crippen LogP contribution in [0.2, 0.25) is 0 Å². The summed E-state index contributed by atoms with van der Waals surface area (Å²) in [7, 11) is 0. The summed E-state index contributed by atoms with van der Waals surface area (Å²) in [5.74, 6) is 2.51. The average Bonchev–Trinajstić information content (AvgIpc) is 3.11. The topological polar surface area (TPSA) is 71.7 Å². The van der Waals surface area contributed by atoms with Gasteiger partial charge in [-0.1, -0.05) is 49.9 Å². The minimum absolute atomic E-state index is 0.478. The fourth-order valence-corrected chi connectivity index (χ4v) is 2.74. The second kappa shape index (κ2) is 11.1. The zero-order valence-corrected chi connectivity index (χ0v) is 16.5. The predicted molar refractivity (Wildman–Crippen MR) is 109 cm³/mol. The minimum atomic E-state index is 0.478. The first-order valence-electron chi connectivity index (χ1n) is 9.53. The number of aliphatic imine (C=N–C) groups is 1. The van der Waals surface area contributed by atoms with Gasteiger partial charge in [-0.05, 0) is 19.4 Å². The van der Waals surface area contributed by atoms with E-state index in [1.807, 2.05) is 31.2 Å². The number of hydrogen-bond acceptors (Lipinski definition) is 4. The molecule has 1 aromatic carbocycles. The van der Waals surface area contributed by atoms with Crippen LogP contribution in [-0.2, 0) is 25.9 Å². The van der Waals surface area contributed by atoms with Crippen molar-refractivity contribution in [2.75, 3.05) is 13.2 Å². The third-order valence-corrected chi connectivity index (χ3v) is 4.12. The van der Waals surface area contributed by atoms with E-state index in [0.717, 1.165) is 53.7 Å². The van der Waals surface area contributed by atoms with E-state index in [1.165, 1.54) is 0 Å². The number of ether oxygens (including phenoxy) is 1. The van der Waals surface area contributed by atoms with Crippen LogP contribution in [0.4, 0.5) is 0 Å². The van der Waals surface area contributed by atoms with Gasteiger partial charge in [0.1, 0.15) is 18.1 Å². The van der Waals surface area contributed by atoms with Crippen LogP contribution in [0, 0.1) is 0 Å². The van der Waals surface area contributed by atoms with Crippen LogP contribution < -0.4 is 15.4 Å². The number of aryl methyl sites for hydroxylation is 2. The lowest BCUT2D eigenvalue weighted by Gasteiger charge is -2.13. The summed E-state index contributed by atoms with van der Waals surface area (Å²) >= 11 is 0. The van der Waals surface area contributed by atoms with Gasteiger partial charge < -0.3 is 19.9 Å². The van der Waals surface area contributed by atoms with Crippen molar-refractivity contribution in [3.8, 4) is 5.75 Å². The Morgan fingerprint density at radius 2 is 2.04 bits per heavy atom. The van der Waals surface area contributed by atoms with E-state index in [-0.39, 0.29) is 0 Å². The largest absolute Gasteiger partial charge is 0.489 e. The Kier molecular flexibility index (Phi) is 8.42. The van der Waals surface area contributed by atoms with E-state index in [9.17, 15) is 0 Å². The van der Waals surface area contributed by atoms with Crippen LogP contribution in [-0.4, -0.2) is 24.3 Å². The van der Waals surface area contributed by atoms with Crippen LogP contribution in [0.3, 0.4) is 0 Å². The normalized spacial score (nSPS) is 11.3. The van der Waals surface area contributed by atoms with E-state index in [2.05, 4.69) is 36.2 Å². The minimum Gasteiger partial charge on any atom is -0.489 e. The summed E-state index contributed by atoms with van der Waals surface area (Å²) in [6.07, 6.45) is 3.41. The quantitative estimate of drug-likeness (QED) is 0.380. The first kappa shape index (κ1) is 20.6. The Morgan fingerprint density at radius 1 is 1.22 bits per heavy atom. The molecule has 0 saturated heterocycles. The molecule has 0 amide bonds. The Hall–Kier alpha value is -2.76. The van der Waals surface area contributed by atoms with Gasteiger partial charge in [-0.2, -0.15) is 0 Å². The molecule has 146 valence electrons. The number of rotatable bonds is 10. The summed E-state index contributed by atoms with van der Waals surface area (Å²) in [5.41, 5.74) is 3.16. The lowest BCUT2D eigenvalue weighted by atomic mass is 10.1. The fourth-order valence-electron chi connectivity index (χ4n) is 2.74. The number of aromatic nitrogens is 1. The average molecular weight is 370 g/mol. The Balaban J connectivity index is 2.09. The molecule has 2 N–H and O–H groups in total. The van der Waals surface area contributed by atoms with E-state index in [0.29, 0.717) is 19.7 Å². The smallest absolute Gasteiger partial charge is 0.191 e. The highest BCUT2D eigenvalue weighted by Crippen LogP contribution is 2.19. The Morgan fingerprint density at radius 3 is 2.74 bits per heavy atom. The molecule has 0 radical (unpaired) electrons.